The average molecular weight is 360 g/mol. The molecule has 140 valence electrons. The third-order valence-corrected chi connectivity index (χ3v) is 4.60. The third-order valence-electron chi connectivity index (χ3n) is 4.20. The summed E-state index contributed by atoms with van der Waals surface area (Å²) >= 11 is 6.23. The van der Waals surface area contributed by atoms with Gasteiger partial charge in [-0.3, -0.25) is 4.79 Å². The summed E-state index contributed by atoms with van der Waals surface area (Å²) in [5, 5.41) is 3.77. The molecule has 0 fully saturated rings. The van der Waals surface area contributed by atoms with Crippen LogP contribution < -0.4 is 0 Å². The van der Waals surface area contributed by atoms with Crippen LogP contribution in [0.15, 0.2) is 15.9 Å². The van der Waals surface area contributed by atoms with Crippen LogP contribution in [0.25, 0.3) is 0 Å². The lowest BCUT2D eigenvalue weighted by atomic mass is 10.1. The summed E-state index contributed by atoms with van der Waals surface area (Å²) in [6.07, 6.45) is 14.1. The van der Waals surface area contributed by atoms with Crippen LogP contribution in [0.4, 0.5) is 0 Å². The number of unbranched alkanes of at least 4 members (excludes halogenated alkanes) is 9. The Morgan fingerprint density at radius 3 is 1.88 bits per heavy atom. The first-order chi connectivity index (χ1) is 11.7. The Bertz CT molecular complexity index is 370. The largest absolute Gasteiger partial charge is 0.469 e. The first kappa shape index (κ1) is 23.1. The van der Waals surface area contributed by atoms with Gasteiger partial charge in [0.25, 0.3) is 0 Å². The Hall–Kier alpha value is -0.900. The van der Waals surface area contributed by atoms with Gasteiger partial charge in [0, 0.05) is 11.5 Å². The SMILES string of the molecule is CCCCCCCCC(Cl)=C(CCCCCCCC(=O)OC)N=O. The van der Waals surface area contributed by atoms with Crippen LogP contribution in [0.1, 0.15) is 96.8 Å². The van der Waals surface area contributed by atoms with E-state index in [-0.39, 0.29) is 5.97 Å². The first-order valence-corrected chi connectivity index (χ1v) is 9.81. The smallest absolute Gasteiger partial charge is 0.305 e. The number of nitrogens with zero attached hydrogens (tertiary/aromatic N) is 1. The summed E-state index contributed by atoms with van der Waals surface area (Å²) in [5.41, 5.74) is 0.528. The van der Waals surface area contributed by atoms with E-state index < -0.39 is 0 Å². The van der Waals surface area contributed by atoms with E-state index in [1.54, 1.807) is 0 Å². The molecule has 0 aliphatic carbocycles. The van der Waals surface area contributed by atoms with Gasteiger partial charge < -0.3 is 4.74 Å². The molecule has 0 N–H and O–H groups in total. The third kappa shape index (κ3) is 13.5. The minimum atomic E-state index is -0.146. The number of hydrogen-bond acceptors (Lipinski definition) is 4. The highest BCUT2D eigenvalue weighted by atomic mass is 35.5. The van der Waals surface area contributed by atoms with E-state index in [2.05, 4.69) is 16.8 Å². The van der Waals surface area contributed by atoms with Crippen LogP contribution in [-0.4, -0.2) is 13.1 Å². The monoisotopic (exact) mass is 359 g/mol. The van der Waals surface area contributed by atoms with Gasteiger partial charge in [0.1, 0.15) is 0 Å². The molecule has 0 aliphatic heterocycles. The van der Waals surface area contributed by atoms with Gasteiger partial charge in [-0.1, -0.05) is 69.9 Å². The van der Waals surface area contributed by atoms with Crippen molar-refractivity contribution in [2.24, 2.45) is 5.18 Å². The van der Waals surface area contributed by atoms with Crippen LogP contribution in [-0.2, 0) is 9.53 Å². The fourth-order valence-electron chi connectivity index (χ4n) is 2.63. The topological polar surface area (TPSA) is 55.7 Å². The van der Waals surface area contributed by atoms with E-state index in [0.29, 0.717) is 23.6 Å². The van der Waals surface area contributed by atoms with Gasteiger partial charge in [-0.25, -0.2) is 0 Å². The normalized spacial score (nSPS) is 12.0. The van der Waals surface area contributed by atoms with Crippen molar-refractivity contribution in [3.63, 3.8) is 0 Å². The van der Waals surface area contributed by atoms with Crippen molar-refractivity contribution < 1.29 is 9.53 Å². The molecule has 0 spiro atoms. The molecular formula is C19H34ClNO3. The molecule has 0 bridgehead atoms. The lowest BCUT2D eigenvalue weighted by molar-refractivity contribution is -0.140. The predicted molar refractivity (Wildman–Crippen MR) is 101 cm³/mol. The highest BCUT2D eigenvalue weighted by Crippen LogP contribution is 2.23. The van der Waals surface area contributed by atoms with E-state index >= 15 is 0 Å². The zero-order valence-electron chi connectivity index (χ0n) is 15.4. The predicted octanol–water partition coefficient (Wildman–Crippen LogP) is 6.86. The average Bonchev–Trinajstić information content (AvgIpc) is 2.59. The number of ether oxygens (including phenoxy) is 1. The van der Waals surface area contributed by atoms with Crippen LogP contribution in [0, 0.1) is 4.91 Å². The highest BCUT2D eigenvalue weighted by molar-refractivity contribution is 6.29. The van der Waals surface area contributed by atoms with E-state index in [0.717, 1.165) is 44.9 Å². The molecule has 0 aromatic heterocycles. The summed E-state index contributed by atoms with van der Waals surface area (Å²) in [6, 6.07) is 0. The quantitative estimate of drug-likeness (QED) is 0.172. The molecule has 0 unspecified atom stereocenters. The number of halogens is 1. The number of hydrogen-bond donors (Lipinski definition) is 0. The minimum Gasteiger partial charge on any atom is -0.469 e. The van der Waals surface area contributed by atoms with Gasteiger partial charge >= 0.3 is 5.97 Å². The van der Waals surface area contributed by atoms with Gasteiger partial charge in [-0.05, 0) is 37.3 Å². The Morgan fingerprint density at radius 1 is 0.833 bits per heavy atom. The molecule has 4 nitrogen and oxygen atoms in total. The Labute approximate surface area is 152 Å². The fraction of sp³-hybridized carbons (Fsp3) is 0.842. The molecule has 0 saturated carbocycles. The van der Waals surface area contributed by atoms with E-state index in [1.807, 2.05) is 0 Å². The molecule has 0 heterocycles. The maximum atomic E-state index is 11.0. The minimum absolute atomic E-state index is 0.146. The summed E-state index contributed by atoms with van der Waals surface area (Å²) < 4.78 is 4.60. The van der Waals surface area contributed by atoms with Crippen LogP contribution in [0.2, 0.25) is 0 Å². The Balaban J connectivity index is 3.75. The van der Waals surface area contributed by atoms with Crippen molar-refractivity contribution in [1.82, 2.24) is 0 Å². The van der Waals surface area contributed by atoms with E-state index in [4.69, 9.17) is 11.6 Å². The van der Waals surface area contributed by atoms with E-state index in [1.165, 1.54) is 39.2 Å². The molecule has 0 amide bonds. The van der Waals surface area contributed by atoms with Crippen molar-refractivity contribution in [2.45, 2.75) is 96.8 Å². The summed E-state index contributed by atoms with van der Waals surface area (Å²) in [4.78, 5) is 21.9. The number of allylic oxidation sites excluding steroid dienone is 2. The van der Waals surface area contributed by atoms with Gasteiger partial charge in [-0.15, -0.1) is 4.91 Å². The van der Waals surface area contributed by atoms with Gasteiger partial charge in [0.15, 0.2) is 0 Å². The van der Waals surface area contributed by atoms with Crippen LogP contribution in [0.3, 0.4) is 0 Å². The maximum Gasteiger partial charge on any atom is 0.305 e. The second-order valence-electron chi connectivity index (χ2n) is 6.30. The Kier molecular flexibility index (Phi) is 16.3. The Morgan fingerprint density at radius 2 is 1.33 bits per heavy atom. The summed E-state index contributed by atoms with van der Waals surface area (Å²) in [5.74, 6) is -0.146. The van der Waals surface area contributed by atoms with Crippen LogP contribution in [0.5, 0.6) is 0 Å². The van der Waals surface area contributed by atoms with Gasteiger partial charge in [-0.2, -0.15) is 0 Å². The first-order valence-electron chi connectivity index (χ1n) is 9.43. The maximum absolute atomic E-state index is 11.0. The molecular weight excluding hydrogens is 326 g/mol. The summed E-state index contributed by atoms with van der Waals surface area (Å²) in [6.45, 7) is 2.21. The zero-order chi connectivity index (χ0) is 18.0. The number of nitroso groups, excluding NO2 is 1. The molecule has 5 heteroatoms. The zero-order valence-corrected chi connectivity index (χ0v) is 16.2. The van der Waals surface area contributed by atoms with Crippen LogP contribution >= 0.6 is 11.6 Å². The van der Waals surface area contributed by atoms with Gasteiger partial charge in [0.2, 0.25) is 0 Å². The standard InChI is InChI=1S/C19H34ClNO3/c1-3-4-5-6-8-11-14-17(20)18(21-23)15-12-9-7-10-13-16-19(22)24-2/h3-16H2,1-2H3. The van der Waals surface area contributed by atoms with Crippen molar-refractivity contribution in [1.29, 1.82) is 0 Å². The second-order valence-corrected chi connectivity index (χ2v) is 6.76. The fourth-order valence-corrected chi connectivity index (χ4v) is 2.89. The molecule has 0 atom stereocenters. The molecule has 0 aromatic rings. The van der Waals surface area contributed by atoms with Gasteiger partial charge in [0.05, 0.1) is 12.8 Å². The number of rotatable bonds is 16. The number of esters is 1. The number of carbonyl (C=O) groups excluding carboxylic acids is 1. The number of carbonyl (C=O) groups is 1. The molecule has 0 aromatic carbocycles. The summed E-state index contributed by atoms with van der Waals surface area (Å²) in [7, 11) is 1.41. The van der Waals surface area contributed by atoms with Crippen molar-refractivity contribution in [3.05, 3.63) is 15.6 Å². The molecule has 0 radical (unpaired) electrons. The lowest BCUT2D eigenvalue weighted by Crippen LogP contribution is -1.99. The van der Waals surface area contributed by atoms with Crippen molar-refractivity contribution >= 4 is 17.6 Å². The number of methoxy groups -OCH3 is 1. The molecule has 0 saturated heterocycles. The highest BCUT2D eigenvalue weighted by Gasteiger charge is 2.06. The second kappa shape index (κ2) is 16.9. The molecule has 0 rings (SSSR count). The van der Waals surface area contributed by atoms with Crippen molar-refractivity contribution in [2.75, 3.05) is 7.11 Å². The van der Waals surface area contributed by atoms with Crippen molar-refractivity contribution in [3.8, 4) is 0 Å². The molecule has 0 aliphatic rings. The molecule has 24 heavy (non-hydrogen) atoms. The van der Waals surface area contributed by atoms with E-state index in [9.17, 15) is 9.70 Å². The lowest BCUT2D eigenvalue weighted by Gasteiger charge is -2.05.